The van der Waals surface area contributed by atoms with Gasteiger partial charge in [-0.15, -0.1) is 0 Å². The summed E-state index contributed by atoms with van der Waals surface area (Å²) in [5.41, 5.74) is 3.26. The molecule has 0 bridgehead atoms. The zero-order valence-corrected chi connectivity index (χ0v) is 10.8. The van der Waals surface area contributed by atoms with Gasteiger partial charge in [-0.1, -0.05) is 31.0 Å². The van der Waals surface area contributed by atoms with E-state index in [4.69, 9.17) is 0 Å². The van der Waals surface area contributed by atoms with Gasteiger partial charge < -0.3 is 10.6 Å². The molecule has 1 fully saturated rings. The van der Waals surface area contributed by atoms with Crippen LogP contribution in [0, 0.1) is 12.8 Å². The first-order valence-corrected chi connectivity index (χ1v) is 6.89. The summed E-state index contributed by atoms with van der Waals surface area (Å²) in [7, 11) is 0. The van der Waals surface area contributed by atoms with E-state index >= 15 is 0 Å². The van der Waals surface area contributed by atoms with Crippen molar-refractivity contribution in [1.29, 1.82) is 0 Å². The molecule has 1 atom stereocenters. The predicted molar refractivity (Wildman–Crippen MR) is 72.5 cm³/mol. The molecule has 2 N–H and O–H groups in total. The van der Waals surface area contributed by atoms with Crippen LogP contribution in [0.2, 0.25) is 0 Å². The normalized spacial score (nSPS) is 23.2. The van der Waals surface area contributed by atoms with Gasteiger partial charge in [0.2, 0.25) is 5.91 Å². The van der Waals surface area contributed by atoms with Crippen LogP contribution in [0.15, 0.2) is 18.2 Å². The van der Waals surface area contributed by atoms with Crippen molar-refractivity contribution >= 4 is 11.6 Å². The SMILES string of the molecule is Cc1cccc2c1NC(=O)C2NCC1CCCC1. The molecule has 1 aromatic carbocycles. The lowest BCUT2D eigenvalue weighted by Gasteiger charge is -2.15. The Morgan fingerprint density at radius 3 is 2.89 bits per heavy atom. The summed E-state index contributed by atoms with van der Waals surface area (Å²) >= 11 is 0. The number of benzene rings is 1. The first kappa shape index (κ1) is 11.7. The van der Waals surface area contributed by atoms with Gasteiger partial charge in [-0.05, 0) is 37.8 Å². The van der Waals surface area contributed by atoms with Gasteiger partial charge in [-0.2, -0.15) is 0 Å². The van der Waals surface area contributed by atoms with Gasteiger partial charge >= 0.3 is 0 Å². The van der Waals surface area contributed by atoms with Crippen LogP contribution in [0.1, 0.15) is 42.9 Å². The van der Waals surface area contributed by atoms with E-state index in [0.29, 0.717) is 0 Å². The number of fused-ring (bicyclic) bond motifs is 1. The van der Waals surface area contributed by atoms with Crippen LogP contribution in [-0.2, 0) is 4.79 Å². The zero-order valence-electron chi connectivity index (χ0n) is 10.8. The lowest BCUT2D eigenvalue weighted by atomic mass is 10.0. The molecule has 1 heterocycles. The summed E-state index contributed by atoms with van der Waals surface area (Å²) in [6, 6.07) is 5.96. The number of anilines is 1. The molecule has 0 spiro atoms. The van der Waals surface area contributed by atoms with E-state index in [9.17, 15) is 4.79 Å². The third-order valence-corrected chi connectivity index (χ3v) is 4.21. The van der Waals surface area contributed by atoms with Crippen molar-refractivity contribution < 1.29 is 4.79 Å². The first-order chi connectivity index (χ1) is 8.75. The van der Waals surface area contributed by atoms with Crippen molar-refractivity contribution in [2.24, 2.45) is 5.92 Å². The van der Waals surface area contributed by atoms with Crippen molar-refractivity contribution in [3.05, 3.63) is 29.3 Å². The van der Waals surface area contributed by atoms with E-state index < -0.39 is 0 Å². The van der Waals surface area contributed by atoms with Crippen LogP contribution in [0.4, 0.5) is 5.69 Å². The maximum Gasteiger partial charge on any atom is 0.246 e. The Kier molecular flexibility index (Phi) is 3.08. The largest absolute Gasteiger partial charge is 0.324 e. The van der Waals surface area contributed by atoms with Gasteiger partial charge in [0.15, 0.2) is 0 Å². The van der Waals surface area contributed by atoms with E-state index in [1.807, 2.05) is 25.1 Å². The highest BCUT2D eigenvalue weighted by atomic mass is 16.2. The minimum absolute atomic E-state index is 0.0947. The minimum atomic E-state index is -0.152. The standard InChI is InChI=1S/C15H20N2O/c1-10-5-4-8-12-13(10)17-15(18)14(12)16-9-11-6-2-3-7-11/h4-5,8,11,14,16H,2-3,6-7,9H2,1H3,(H,17,18). The minimum Gasteiger partial charge on any atom is -0.324 e. The summed E-state index contributed by atoms with van der Waals surface area (Å²) in [5, 5.41) is 6.43. The first-order valence-electron chi connectivity index (χ1n) is 6.89. The van der Waals surface area contributed by atoms with Gasteiger partial charge in [-0.3, -0.25) is 4.79 Å². The van der Waals surface area contributed by atoms with Crippen LogP contribution >= 0.6 is 0 Å². The monoisotopic (exact) mass is 244 g/mol. The molecule has 1 saturated carbocycles. The summed E-state index contributed by atoms with van der Waals surface area (Å²) in [6.45, 7) is 3.00. The second-order valence-corrected chi connectivity index (χ2v) is 5.52. The van der Waals surface area contributed by atoms with Crippen LogP contribution < -0.4 is 10.6 Å². The molecule has 0 radical (unpaired) electrons. The van der Waals surface area contributed by atoms with Gasteiger partial charge in [0.25, 0.3) is 0 Å². The Morgan fingerprint density at radius 1 is 1.33 bits per heavy atom. The second-order valence-electron chi connectivity index (χ2n) is 5.52. The lowest BCUT2D eigenvalue weighted by Crippen LogP contribution is -2.31. The van der Waals surface area contributed by atoms with E-state index in [1.165, 1.54) is 25.7 Å². The van der Waals surface area contributed by atoms with Gasteiger partial charge in [0, 0.05) is 11.3 Å². The molecule has 1 unspecified atom stereocenters. The molecule has 1 amide bonds. The molecular weight excluding hydrogens is 224 g/mol. The molecular formula is C15H20N2O. The number of aryl methyl sites for hydroxylation is 1. The highest BCUT2D eigenvalue weighted by Crippen LogP contribution is 2.34. The number of hydrogen-bond donors (Lipinski definition) is 2. The fourth-order valence-corrected chi connectivity index (χ4v) is 3.14. The molecule has 2 aliphatic rings. The van der Waals surface area contributed by atoms with Crippen LogP contribution in [0.25, 0.3) is 0 Å². The molecule has 1 aromatic rings. The fourth-order valence-electron chi connectivity index (χ4n) is 3.14. The highest BCUT2D eigenvalue weighted by Gasteiger charge is 2.31. The van der Waals surface area contributed by atoms with Crippen molar-refractivity contribution in [1.82, 2.24) is 5.32 Å². The van der Waals surface area contributed by atoms with Crippen LogP contribution in [0.3, 0.4) is 0 Å². The Hall–Kier alpha value is -1.35. The van der Waals surface area contributed by atoms with E-state index in [-0.39, 0.29) is 11.9 Å². The Bertz CT molecular complexity index is 464. The van der Waals surface area contributed by atoms with E-state index in [2.05, 4.69) is 10.6 Å². The lowest BCUT2D eigenvalue weighted by molar-refractivity contribution is -0.117. The second kappa shape index (κ2) is 4.73. The van der Waals surface area contributed by atoms with Gasteiger partial charge in [0.05, 0.1) is 0 Å². The van der Waals surface area contributed by atoms with Crippen LogP contribution in [-0.4, -0.2) is 12.5 Å². The van der Waals surface area contributed by atoms with E-state index in [1.54, 1.807) is 0 Å². The summed E-state index contributed by atoms with van der Waals surface area (Å²) < 4.78 is 0. The van der Waals surface area contributed by atoms with Gasteiger partial charge in [0.1, 0.15) is 6.04 Å². The maximum absolute atomic E-state index is 12.0. The van der Waals surface area contributed by atoms with Crippen molar-refractivity contribution in [2.75, 3.05) is 11.9 Å². The Morgan fingerprint density at radius 2 is 2.11 bits per heavy atom. The summed E-state index contributed by atoms with van der Waals surface area (Å²) in [5.74, 6) is 0.851. The Labute approximate surface area is 108 Å². The molecule has 0 aromatic heterocycles. The third-order valence-electron chi connectivity index (χ3n) is 4.21. The predicted octanol–water partition coefficient (Wildman–Crippen LogP) is 2.77. The van der Waals surface area contributed by atoms with E-state index in [0.717, 1.165) is 29.3 Å². The molecule has 18 heavy (non-hydrogen) atoms. The third kappa shape index (κ3) is 2.03. The molecule has 1 aliphatic heterocycles. The average molecular weight is 244 g/mol. The maximum atomic E-state index is 12.0. The number of carbonyl (C=O) groups is 1. The smallest absolute Gasteiger partial charge is 0.246 e. The summed E-state index contributed by atoms with van der Waals surface area (Å²) in [6.07, 6.45) is 5.31. The topological polar surface area (TPSA) is 41.1 Å². The quantitative estimate of drug-likeness (QED) is 0.858. The van der Waals surface area contributed by atoms with Crippen molar-refractivity contribution in [3.8, 4) is 0 Å². The van der Waals surface area contributed by atoms with Gasteiger partial charge in [-0.25, -0.2) is 0 Å². The highest BCUT2D eigenvalue weighted by molar-refractivity contribution is 6.03. The number of para-hydroxylation sites is 1. The fraction of sp³-hybridized carbons (Fsp3) is 0.533. The number of hydrogen-bond acceptors (Lipinski definition) is 2. The molecule has 3 heteroatoms. The number of carbonyl (C=O) groups excluding carboxylic acids is 1. The molecule has 3 rings (SSSR count). The number of amides is 1. The number of rotatable bonds is 3. The molecule has 96 valence electrons. The van der Waals surface area contributed by atoms with Crippen LogP contribution in [0.5, 0.6) is 0 Å². The Balaban J connectivity index is 1.73. The number of nitrogens with one attached hydrogen (secondary N) is 2. The average Bonchev–Trinajstić information content (AvgIpc) is 2.95. The summed E-state index contributed by atoms with van der Waals surface area (Å²) in [4.78, 5) is 12.0. The molecule has 1 aliphatic carbocycles. The molecule has 0 saturated heterocycles. The molecule has 3 nitrogen and oxygen atoms in total. The van der Waals surface area contributed by atoms with Crippen molar-refractivity contribution in [2.45, 2.75) is 38.6 Å². The van der Waals surface area contributed by atoms with Crippen molar-refractivity contribution in [3.63, 3.8) is 0 Å². The zero-order chi connectivity index (χ0) is 12.5.